The van der Waals surface area contributed by atoms with Gasteiger partial charge in [-0.2, -0.15) is 0 Å². The van der Waals surface area contributed by atoms with Crippen LogP contribution in [0.3, 0.4) is 0 Å². The molecule has 7 heteroatoms. The van der Waals surface area contributed by atoms with Gasteiger partial charge in [0.2, 0.25) is 5.91 Å². The third-order valence-electron chi connectivity index (χ3n) is 4.26. The van der Waals surface area contributed by atoms with E-state index in [-0.39, 0.29) is 11.7 Å². The lowest BCUT2D eigenvalue weighted by molar-refractivity contribution is -0.115. The summed E-state index contributed by atoms with van der Waals surface area (Å²) < 4.78 is 32.6. The van der Waals surface area contributed by atoms with Gasteiger partial charge in [-0.05, 0) is 66.2 Å². The Labute approximate surface area is 169 Å². The van der Waals surface area contributed by atoms with Gasteiger partial charge in [-0.15, -0.1) is 11.8 Å². The monoisotopic (exact) mass is 417 g/mol. The highest BCUT2D eigenvalue weighted by atomic mass is 35.5. The minimum Gasteiger partial charge on any atom is -0.457 e. The number of anilines is 1. The van der Waals surface area contributed by atoms with Crippen LogP contribution in [0.25, 0.3) is 0 Å². The number of ether oxygens (including phenoxy) is 1. The maximum Gasteiger partial charge on any atom is 0.238 e. The zero-order valence-electron chi connectivity index (χ0n) is 14.4. The molecule has 1 fully saturated rings. The molecule has 0 bridgehead atoms. The number of amides is 1. The summed E-state index contributed by atoms with van der Waals surface area (Å²) in [6.45, 7) is 0. The van der Waals surface area contributed by atoms with Crippen molar-refractivity contribution >= 4 is 35.0 Å². The molecule has 1 aliphatic rings. The van der Waals surface area contributed by atoms with E-state index in [4.69, 9.17) is 16.3 Å². The van der Waals surface area contributed by atoms with E-state index in [0.29, 0.717) is 27.8 Å². The summed E-state index contributed by atoms with van der Waals surface area (Å²) in [6, 6.07) is 17.7. The molecule has 1 heterocycles. The highest BCUT2D eigenvalue weighted by molar-refractivity contribution is 8.00. The molecule has 1 unspecified atom stereocenters. The first kappa shape index (κ1) is 18.8. The Hall–Kier alpha value is -2.57. The van der Waals surface area contributed by atoms with Crippen molar-refractivity contribution in [3.8, 4) is 11.5 Å². The van der Waals surface area contributed by atoms with Gasteiger partial charge in [0.15, 0.2) is 11.6 Å². The molecule has 4 rings (SSSR count). The Bertz CT molecular complexity index is 1010. The van der Waals surface area contributed by atoms with Crippen molar-refractivity contribution in [2.45, 2.75) is 5.37 Å². The Morgan fingerprint density at radius 1 is 0.929 bits per heavy atom. The van der Waals surface area contributed by atoms with Crippen molar-refractivity contribution in [2.75, 3.05) is 10.7 Å². The smallest absolute Gasteiger partial charge is 0.238 e. The highest BCUT2D eigenvalue weighted by Gasteiger charge is 2.34. The second-order valence-corrected chi connectivity index (χ2v) is 7.66. The lowest BCUT2D eigenvalue weighted by Gasteiger charge is -2.24. The topological polar surface area (TPSA) is 29.5 Å². The van der Waals surface area contributed by atoms with Crippen molar-refractivity contribution < 1.29 is 18.3 Å². The van der Waals surface area contributed by atoms with Gasteiger partial charge in [0, 0.05) is 10.7 Å². The number of hydrogen-bond acceptors (Lipinski definition) is 3. The normalized spacial score (nSPS) is 16.5. The van der Waals surface area contributed by atoms with Crippen molar-refractivity contribution in [3.05, 3.63) is 89.0 Å². The van der Waals surface area contributed by atoms with Gasteiger partial charge >= 0.3 is 0 Å². The van der Waals surface area contributed by atoms with Crippen molar-refractivity contribution in [1.29, 1.82) is 0 Å². The summed E-state index contributed by atoms with van der Waals surface area (Å²) in [5.41, 5.74) is 1.20. The molecule has 1 amide bonds. The zero-order chi connectivity index (χ0) is 19.7. The van der Waals surface area contributed by atoms with E-state index in [1.807, 2.05) is 0 Å². The first-order valence-corrected chi connectivity index (χ1v) is 9.86. The van der Waals surface area contributed by atoms with E-state index in [2.05, 4.69) is 0 Å². The molecular formula is C21H14ClF2NO2S. The molecular weight excluding hydrogens is 404 g/mol. The van der Waals surface area contributed by atoms with Crippen molar-refractivity contribution in [2.24, 2.45) is 0 Å². The third kappa shape index (κ3) is 3.84. The van der Waals surface area contributed by atoms with Crippen molar-refractivity contribution in [3.63, 3.8) is 0 Å². The predicted octanol–water partition coefficient (Wildman–Crippen LogP) is 6.19. The van der Waals surface area contributed by atoms with Crippen LogP contribution in [0.5, 0.6) is 11.5 Å². The van der Waals surface area contributed by atoms with E-state index in [1.165, 1.54) is 17.8 Å². The second-order valence-electron chi connectivity index (χ2n) is 6.15. The third-order valence-corrected chi connectivity index (χ3v) is 5.73. The molecule has 28 heavy (non-hydrogen) atoms. The zero-order valence-corrected chi connectivity index (χ0v) is 16.0. The highest BCUT2D eigenvalue weighted by Crippen LogP contribution is 2.42. The molecule has 142 valence electrons. The first-order chi connectivity index (χ1) is 13.5. The largest absolute Gasteiger partial charge is 0.457 e. The summed E-state index contributed by atoms with van der Waals surface area (Å²) in [4.78, 5) is 14.0. The van der Waals surface area contributed by atoms with E-state index in [0.717, 1.165) is 12.1 Å². The van der Waals surface area contributed by atoms with Gasteiger partial charge in [-0.25, -0.2) is 8.78 Å². The maximum absolute atomic E-state index is 13.6. The molecule has 0 aromatic heterocycles. The molecule has 0 spiro atoms. The SMILES string of the molecule is O=C1CSC(c2ccc(F)c(F)c2)N1c1ccc(Oc2ccc(Cl)cc2)cc1. The lowest BCUT2D eigenvalue weighted by atomic mass is 10.1. The van der Waals surface area contributed by atoms with Crippen LogP contribution in [-0.4, -0.2) is 11.7 Å². The number of carbonyl (C=O) groups is 1. The van der Waals surface area contributed by atoms with E-state index < -0.39 is 17.0 Å². The van der Waals surface area contributed by atoms with Crippen LogP contribution < -0.4 is 9.64 Å². The van der Waals surface area contributed by atoms with E-state index in [1.54, 1.807) is 53.4 Å². The standard InChI is InChI=1S/C21H14ClF2NO2S/c22-14-2-6-16(7-3-14)27-17-8-4-15(5-9-17)25-20(26)12-28-21(25)13-1-10-18(23)19(24)11-13/h1-11,21H,12H2. The number of hydrogen-bond donors (Lipinski definition) is 0. The summed E-state index contributed by atoms with van der Waals surface area (Å²) in [7, 11) is 0. The van der Waals surface area contributed by atoms with E-state index in [9.17, 15) is 13.6 Å². The Kier molecular flexibility index (Phi) is 5.24. The molecule has 0 N–H and O–H groups in total. The van der Waals surface area contributed by atoms with Gasteiger partial charge in [0.05, 0.1) is 5.75 Å². The molecule has 3 aromatic rings. The second kappa shape index (κ2) is 7.81. The minimum absolute atomic E-state index is 0.0916. The van der Waals surface area contributed by atoms with Crippen LogP contribution in [-0.2, 0) is 4.79 Å². The van der Waals surface area contributed by atoms with Crippen LogP contribution >= 0.6 is 23.4 Å². The van der Waals surface area contributed by atoms with Gasteiger partial charge in [0.25, 0.3) is 0 Å². The Morgan fingerprint density at radius 2 is 1.57 bits per heavy atom. The molecule has 0 aliphatic carbocycles. The number of halogens is 3. The average Bonchev–Trinajstić information content (AvgIpc) is 3.08. The number of thioether (sulfide) groups is 1. The van der Waals surface area contributed by atoms with Gasteiger partial charge in [-0.3, -0.25) is 9.69 Å². The summed E-state index contributed by atoms with van der Waals surface area (Å²) in [6.07, 6.45) is 0. The molecule has 1 aliphatic heterocycles. The minimum atomic E-state index is -0.927. The number of carbonyl (C=O) groups excluding carboxylic acids is 1. The lowest BCUT2D eigenvalue weighted by Crippen LogP contribution is -2.27. The van der Waals surface area contributed by atoms with Crippen LogP contribution in [0.15, 0.2) is 66.7 Å². The fourth-order valence-electron chi connectivity index (χ4n) is 2.93. The fourth-order valence-corrected chi connectivity index (χ4v) is 4.22. The van der Waals surface area contributed by atoms with Crippen LogP contribution in [0, 0.1) is 11.6 Å². The number of benzene rings is 3. The number of rotatable bonds is 4. The Morgan fingerprint density at radius 3 is 2.21 bits per heavy atom. The molecule has 3 aromatic carbocycles. The fraction of sp³-hybridized carbons (Fsp3) is 0.0952. The van der Waals surface area contributed by atoms with Crippen LogP contribution in [0.1, 0.15) is 10.9 Å². The first-order valence-electron chi connectivity index (χ1n) is 8.43. The van der Waals surface area contributed by atoms with Gasteiger partial charge < -0.3 is 4.74 Å². The molecule has 1 atom stereocenters. The molecule has 0 saturated carbocycles. The molecule has 3 nitrogen and oxygen atoms in total. The maximum atomic E-state index is 13.6. The quantitative estimate of drug-likeness (QED) is 0.507. The summed E-state index contributed by atoms with van der Waals surface area (Å²) in [5, 5.41) is 0.210. The van der Waals surface area contributed by atoms with E-state index >= 15 is 0 Å². The van der Waals surface area contributed by atoms with Crippen molar-refractivity contribution in [1.82, 2.24) is 0 Å². The Balaban J connectivity index is 1.56. The van der Waals surface area contributed by atoms with Gasteiger partial charge in [-0.1, -0.05) is 17.7 Å². The average molecular weight is 418 g/mol. The molecule has 0 radical (unpaired) electrons. The molecule has 1 saturated heterocycles. The summed E-state index contributed by atoms with van der Waals surface area (Å²) >= 11 is 7.24. The predicted molar refractivity (Wildman–Crippen MR) is 107 cm³/mol. The summed E-state index contributed by atoms with van der Waals surface area (Å²) in [5.74, 6) is -0.407. The van der Waals surface area contributed by atoms with Gasteiger partial charge in [0.1, 0.15) is 16.9 Å². The number of nitrogens with zero attached hydrogens (tertiary/aromatic N) is 1. The van der Waals surface area contributed by atoms with Crippen LogP contribution in [0.4, 0.5) is 14.5 Å². The van der Waals surface area contributed by atoms with Crippen LogP contribution in [0.2, 0.25) is 5.02 Å².